The number of nitrogens with two attached hydrogens (primary N) is 1. The van der Waals surface area contributed by atoms with Gasteiger partial charge in [-0.25, -0.2) is 0 Å². The largest absolute Gasteiger partial charge is 0.483 e. The van der Waals surface area contributed by atoms with E-state index in [2.05, 4.69) is 12.2 Å². The summed E-state index contributed by atoms with van der Waals surface area (Å²) in [6, 6.07) is 6.89. The standard InChI is InChI=1S/C16H22N2O3/c1-11-6-2-4-8-13(11)18-15(19)10-21-14-9-5-3-7-12(14)16(17)20/h3,5,7,9,11,13H,2,4,6,8,10H2,1H3,(H2,17,20)(H,18,19)/t11-,13+/m1/s1. The number of ether oxygens (including phenoxy) is 1. The second-order valence-corrected chi connectivity index (χ2v) is 5.58. The van der Waals surface area contributed by atoms with Crippen molar-refractivity contribution >= 4 is 11.8 Å². The zero-order valence-electron chi connectivity index (χ0n) is 12.3. The Morgan fingerprint density at radius 1 is 1.29 bits per heavy atom. The first-order chi connectivity index (χ1) is 10.1. The minimum absolute atomic E-state index is 0.104. The fourth-order valence-corrected chi connectivity index (χ4v) is 2.72. The van der Waals surface area contributed by atoms with Crippen molar-refractivity contribution in [2.75, 3.05) is 6.61 Å². The molecule has 0 unspecified atom stereocenters. The van der Waals surface area contributed by atoms with E-state index in [0.29, 0.717) is 11.7 Å². The van der Waals surface area contributed by atoms with Crippen LogP contribution in [0.15, 0.2) is 24.3 Å². The molecule has 114 valence electrons. The Labute approximate surface area is 124 Å². The molecule has 0 bridgehead atoms. The van der Waals surface area contributed by atoms with Crippen molar-refractivity contribution < 1.29 is 14.3 Å². The van der Waals surface area contributed by atoms with Gasteiger partial charge < -0.3 is 15.8 Å². The molecule has 2 rings (SSSR count). The number of rotatable bonds is 5. The van der Waals surface area contributed by atoms with Gasteiger partial charge in [-0.05, 0) is 30.9 Å². The first kappa shape index (κ1) is 15.4. The number of carbonyl (C=O) groups is 2. The van der Waals surface area contributed by atoms with Crippen LogP contribution in [0.3, 0.4) is 0 Å². The van der Waals surface area contributed by atoms with E-state index in [1.165, 1.54) is 6.42 Å². The Hall–Kier alpha value is -2.04. The average Bonchev–Trinajstić information content (AvgIpc) is 2.48. The van der Waals surface area contributed by atoms with E-state index in [9.17, 15) is 9.59 Å². The third kappa shape index (κ3) is 4.21. The molecule has 1 saturated carbocycles. The minimum atomic E-state index is -0.563. The number of hydrogen-bond donors (Lipinski definition) is 2. The molecular formula is C16H22N2O3. The Balaban J connectivity index is 1.88. The summed E-state index contributed by atoms with van der Waals surface area (Å²) in [6.07, 6.45) is 4.55. The average molecular weight is 290 g/mol. The van der Waals surface area contributed by atoms with E-state index < -0.39 is 5.91 Å². The molecule has 1 aromatic carbocycles. The summed E-state index contributed by atoms with van der Waals surface area (Å²) in [7, 11) is 0. The quantitative estimate of drug-likeness (QED) is 0.868. The Kier molecular flexibility index (Phi) is 5.20. The highest BCUT2D eigenvalue weighted by Gasteiger charge is 2.23. The van der Waals surface area contributed by atoms with Crippen LogP contribution in [0.2, 0.25) is 0 Å². The fraction of sp³-hybridized carbons (Fsp3) is 0.500. The van der Waals surface area contributed by atoms with Gasteiger partial charge in [0.15, 0.2) is 6.61 Å². The molecule has 5 heteroatoms. The maximum Gasteiger partial charge on any atom is 0.258 e. The maximum absolute atomic E-state index is 12.0. The van der Waals surface area contributed by atoms with Gasteiger partial charge >= 0.3 is 0 Å². The fourth-order valence-electron chi connectivity index (χ4n) is 2.72. The van der Waals surface area contributed by atoms with Gasteiger partial charge in [0, 0.05) is 6.04 Å². The van der Waals surface area contributed by atoms with Crippen molar-refractivity contribution in [2.45, 2.75) is 38.6 Å². The highest BCUT2D eigenvalue weighted by Crippen LogP contribution is 2.23. The van der Waals surface area contributed by atoms with Crippen LogP contribution in [0, 0.1) is 5.92 Å². The van der Waals surface area contributed by atoms with Crippen molar-refractivity contribution in [3.8, 4) is 5.75 Å². The Bertz CT molecular complexity index is 516. The molecule has 0 radical (unpaired) electrons. The summed E-state index contributed by atoms with van der Waals surface area (Å²) in [5.41, 5.74) is 5.56. The predicted molar refractivity (Wildman–Crippen MR) is 80.0 cm³/mol. The molecule has 1 aliphatic rings. The number of para-hydroxylation sites is 1. The number of benzene rings is 1. The normalized spacial score (nSPS) is 21.6. The van der Waals surface area contributed by atoms with Gasteiger partial charge in [0.05, 0.1) is 5.56 Å². The third-order valence-electron chi connectivity index (χ3n) is 3.97. The SMILES string of the molecule is C[C@@H]1CCCC[C@@H]1NC(=O)COc1ccccc1C(N)=O. The van der Waals surface area contributed by atoms with Crippen LogP contribution in [-0.4, -0.2) is 24.5 Å². The van der Waals surface area contributed by atoms with Gasteiger partial charge in [-0.15, -0.1) is 0 Å². The lowest BCUT2D eigenvalue weighted by atomic mass is 9.86. The molecule has 2 amide bonds. The highest BCUT2D eigenvalue weighted by atomic mass is 16.5. The molecule has 1 aliphatic carbocycles. The van der Waals surface area contributed by atoms with Gasteiger partial charge in [0.2, 0.25) is 0 Å². The van der Waals surface area contributed by atoms with E-state index in [1.807, 2.05) is 0 Å². The molecule has 0 spiro atoms. The molecule has 5 nitrogen and oxygen atoms in total. The molecule has 3 N–H and O–H groups in total. The Morgan fingerprint density at radius 3 is 2.71 bits per heavy atom. The molecule has 1 fully saturated rings. The number of hydrogen-bond acceptors (Lipinski definition) is 3. The topological polar surface area (TPSA) is 81.4 Å². The lowest BCUT2D eigenvalue weighted by Crippen LogP contribution is -2.43. The summed E-state index contributed by atoms with van der Waals surface area (Å²) in [6.45, 7) is 2.06. The summed E-state index contributed by atoms with van der Waals surface area (Å²) >= 11 is 0. The third-order valence-corrected chi connectivity index (χ3v) is 3.97. The van der Waals surface area contributed by atoms with E-state index in [4.69, 9.17) is 10.5 Å². The molecule has 0 aromatic heterocycles. The molecular weight excluding hydrogens is 268 g/mol. The number of nitrogens with one attached hydrogen (secondary N) is 1. The Morgan fingerprint density at radius 2 is 2.00 bits per heavy atom. The van der Waals surface area contributed by atoms with Crippen molar-refractivity contribution in [2.24, 2.45) is 11.7 Å². The van der Waals surface area contributed by atoms with Crippen molar-refractivity contribution in [1.29, 1.82) is 0 Å². The van der Waals surface area contributed by atoms with Crippen LogP contribution >= 0.6 is 0 Å². The van der Waals surface area contributed by atoms with Crippen molar-refractivity contribution in [1.82, 2.24) is 5.32 Å². The van der Waals surface area contributed by atoms with Gasteiger partial charge in [-0.3, -0.25) is 9.59 Å². The summed E-state index contributed by atoms with van der Waals surface area (Å²) in [4.78, 5) is 23.2. The molecule has 1 aromatic rings. The monoisotopic (exact) mass is 290 g/mol. The molecule has 2 atom stereocenters. The number of primary amides is 1. The van der Waals surface area contributed by atoms with Crippen molar-refractivity contribution in [3.05, 3.63) is 29.8 Å². The lowest BCUT2D eigenvalue weighted by Gasteiger charge is -2.29. The molecule has 0 aliphatic heterocycles. The van der Waals surface area contributed by atoms with Gasteiger partial charge in [0.25, 0.3) is 11.8 Å². The van der Waals surface area contributed by atoms with Crippen LogP contribution in [0.5, 0.6) is 5.75 Å². The number of amides is 2. The summed E-state index contributed by atoms with van der Waals surface area (Å²) in [5.74, 6) is 0.123. The highest BCUT2D eigenvalue weighted by molar-refractivity contribution is 5.95. The maximum atomic E-state index is 12.0. The number of carbonyl (C=O) groups excluding carboxylic acids is 2. The van der Waals surface area contributed by atoms with E-state index in [-0.39, 0.29) is 24.1 Å². The predicted octanol–water partition coefficient (Wildman–Crippen LogP) is 1.86. The second kappa shape index (κ2) is 7.11. The van der Waals surface area contributed by atoms with Gasteiger partial charge in [-0.2, -0.15) is 0 Å². The van der Waals surface area contributed by atoms with E-state index >= 15 is 0 Å². The van der Waals surface area contributed by atoms with Crippen LogP contribution in [0.1, 0.15) is 43.0 Å². The molecule has 0 heterocycles. The smallest absolute Gasteiger partial charge is 0.258 e. The first-order valence-electron chi connectivity index (χ1n) is 7.39. The first-order valence-corrected chi connectivity index (χ1v) is 7.39. The van der Waals surface area contributed by atoms with E-state index in [1.54, 1.807) is 24.3 Å². The lowest BCUT2D eigenvalue weighted by molar-refractivity contribution is -0.124. The van der Waals surface area contributed by atoms with E-state index in [0.717, 1.165) is 19.3 Å². The molecule has 0 saturated heterocycles. The van der Waals surface area contributed by atoms with Gasteiger partial charge in [-0.1, -0.05) is 31.9 Å². The van der Waals surface area contributed by atoms with Crippen molar-refractivity contribution in [3.63, 3.8) is 0 Å². The summed E-state index contributed by atoms with van der Waals surface area (Å²) < 4.78 is 5.42. The minimum Gasteiger partial charge on any atom is -0.483 e. The zero-order valence-corrected chi connectivity index (χ0v) is 12.3. The van der Waals surface area contributed by atoms with Crippen LogP contribution in [-0.2, 0) is 4.79 Å². The van der Waals surface area contributed by atoms with Crippen LogP contribution in [0.4, 0.5) is 0 Å². The zero-order chi connectivity index (χ0) is 15.2. The van der Waals surface area contributed by atoms with Gasteiger partial charge in [0.1, 0.15) is 5.75 Å². The molecule has 21 heavy (non-hydrogen) atoms. The summed E-state index contributed by atoms with van der Waals surface area (Å²) in [5, 5.41) is 3.01. The second-order valence-electron chi connectivity index (χ2n) is 5.58. The van der Waals surface area contributed by atoms with Crippen LogP contribution in [0.25, 0.3) is 0 Å². The van der Waals surface area contributed by atoms with Crippen LogP contribution < -0.4 is 15.8 Å².